The van der Waals surface area contributed by atoms with Crippen molar-refractivity contribution in [2.24, 2.45) is 5.92 Å². The van der Waals surface area contributed by atoms with Gasteiger partial charge >= 0.3 is 0 Å². The molecule has 1 aromatic carbocycles. The van der Waals surface area contributed by atoms with E-state index in [1.54, 1.807) is 12.3 Å². The minimum atomic E-state index is -0.143. The molecule has 5 heteroatoms. The van der Waals surface area contributed by atoms with E-state index in [1.807, 2.05) is 31.2 Å². The third kappa shape index (κ3) is 5.25. The Bertz CT molecular complexity index is 668. The molecule has 0 aliphatic rings. The van der Waals surface area contributed by atoms with Gasteiger partial charge in [0.25, 0.3) is 5.91 Å². The summed E-state index contributed by atoms with van der Waals surface area (Å²) in [4.78, 5) is 16.2. The van der Waals surface area contributed by atoms with Gasteiger partial charge in [0.1, 0.15) is 5.69 Å². The van der Waals surface area contributed by atoms with Crippen LogP contribution in [0.3, 0.4) is 0 Å². The van der Waals surface area contributed by atoms with Crippen LogP contribution in [0.25, 0.3) is 0 Å². The van der Waals surface area contributed by atoms with Crippen molar-refractivity contribution in [3.05, 3.63) is 52.8 Å². The summed E-state index contributed by atoms with van der Waals surface area (Å²) in [5, 5.41) is 6.80. The van der Waals surface area contributed by atoms with E-state index in [2.05, 4.69) is 29.5 Å². The van der Waals surface area contributed by atoms with E-state index in [0.717, 1.165) is 23.4 Å². The van der Waals surface area contributed by atoms with E-state index in [1.165, 1.54) is 0 Å². The fourth-order valence-electron chi connectivity index (χ4n) is 2.00. The summed E-state index contributed by atoms with van der Waals surface area (Å²) in [6.07, 6.45) is 2.60. The Morgan fingerprint density at radius 3 is 2.57 bits per heavy atom. The predicted molar refractivity (Wildman–Crippen MR) is 95.5 cm³/mol. The molecule has 122 valence electrons. The van der Waals surface area contributed by atoms with E-state index in [9.17, 15) is 4.79 Å². The summed E-state index contributed by atoms with van der Waals surface area (Å²) < 4.78 is 0. The quantitative estimate of drug-likeness (QED) is 0.815. The predicted octanol–water partition coefficient (Wildman–Crippen LogP) is 4.56. The van der Waals surface area contributed by atoms with E-state index < -0.39 is 0 Å². The largest absolute Gasteiger partial charge is 0.354 e. The van der Waals surface area contributed by atoms with E-state index in [0.29, 0.717) is 23.2 Å². The van der Waals surface area contributed by atoms with Crippen LogP contribution in [-0.2, 0) is 0 Å². The van der Waals surface area contributed by atoms with Gasteiger partial charge in [-0.15, -0.1) is 0 Å². The third-order valence-electron chi connectivity index (χ3n) is 3.46. The molecule has 0 aliphatic heterocycles. The standard InChI is InChI=1S/C18H22ClN3O/c1-12(2)8-9-20-18(23)17-7-6-15(11-21-17)22-14-5-4-13(3)16(19)10-14/h4-7,10-12,22H,8-9H2,1-3H3,(H,20,23). The number of pyridine rings is 1. The third-order valence-corrected chi connectivity index (χ3v) is 3.87. The number of hydrogen-bond acceptors (Lipinski definition) is 3. The van der Waals surface area contributed by atoms with Crippen molar-refractivity contribution in [2.45, 2.75) is 27.2 Å². The number of carbonyl (C=O) groups excluding carboxylic acids is 1. The minimum Gasteiger partial charge on any atom is -0.354 e. The number of aryl methyl sites for hydroxylation is 1. The Morgan fingerprint density at radius 1 is 1.22 bits per heavy atom. The lowest BCUT2D eigenvalue weighted by Gasteiger charge is -2.09. The average molecular weight is 332 g/mol. The molecule has 0 fully saturated rings. The van der Waals surface area contributed by atoms with Crippen LogP contribution in [0, 0.1) is 12.8 Å². The molecule has 0 spiro atoms. The number of hydrogen-bond donors (Lipinski definition) is 2. The molecule has 2 aromatic rings. The van der Waals surface area contributed by atoms with Crippen LogP contribution in [0.5, 0.6) is 0 Å². The summed E-state index contributed by atoms with van der Waals surface area (Å²) in [5.74, 6) is 0.423. The first-order valence-electron chi connectivity index (χ1n) is 7.73. The number of aromatic nitrogens is 1. The summed E-state index contributed by atoms with van der Waals surface area (Å²) in [7, 11) is 0. The number of nitrogens with one attached hydrogen (secondary N) is 2. The highest BCUT2D eigenvalue weighted by molar-refractivity contribution is 6.31. The lowest BCUT2D eigenvalue weighted by Crippen LogP contribution is -2.26. The molecule has 1 aromatic heterocycles. The second-order valence-electron chi connectivity index (χ2n) is 5.96. The second-order valence-corrected chi connectivity index (χ2v) is 6.37. The molecule has 0 atom stereocenters. The van der Waals surface area contributed by atoms with Crippen LogP contribution < -0.4 is 10.6 Å². The Labute approximate surface area is 142 Å². The summed E-state index contributed by atoms with van der Waals surface area (Å²) >= 11 is 6.11. The van der Waals surface area contributed by atoms with Crippen molar-refractivity contribution in [1.82, 2.24) is 10.3 Å². The van der Waals surface area contributed by atoms with Crippen molar-refractivity contribution in [1.29, 1.82) is 0 Å². The second kappa shape index (κ2) is 7.97. The van der Waals surface area contributed by atoms with Crippen LogP contribution >= 0.6 is 11.6 Å². The first kappa shape index (κ1) is 17.3. The number of amides is 1. The van der Waals surface area contributed by atoms with E-state index in [-0.39, 0.29) is 5.91 Å². The molecule has 2 N–H and O–H groups in total. The fraction of sp³-hybridized carbons (Fsp3) is 0.333. The summed E-state index contributed by atoms with van der Waals surface area (Å²) in [6, 6.07) is 9.31. The Kier molecular flexibility index (Phi) is 5.99. The number of anilines is 2. The first-order chi connectivity index (χ1) is 11.0. The van der Waals surface area contributed by atoms with Crippen molar-refractivity contribution >= 4 is 28.9 Å². The number of benzene rings is 1. The van der Waals surface area contributed by atoms with Crippen LogP contribution in [0.1, 0.15) is 36.3 Å². The molecule has 1 heterocycles. The monoisotopic (exact) mass is 331 g/mol. The smallest absolute Gasteiger partial charge is 0.269 e. The van der Waals surface area contributed by atoms with Crippen LogP contribution in [0.15, 0.2) is 36.5 Å². The summed E-state index contributed by atoms with van der Waals surface area (Å²) in [6.45, 7) is 6.88. The maximum Gasteiger partial charge on any atom is 0.269 e. The van der Waals surface area contributed by atoms with Gasteiger partial charge in [-0.2, -0.15) is 0 Å². The Balaban J connectivity index is 1.96. The Morgan fingerprint density at radius 2 is 1.96 bits per heavy atom. The van der Waals surface area contributed by atoms with Gasteiger partial charge in [0, 0.05) is 17.3 Å². The van der Waals surface area contributed by atoms with Gasteiger partial charge in [0.2, 0.25) is 0 Å². The number of carbonyl (C=O) groups is 1. The molecule has 0 saturated carbocycles. The van der Waals surface area contributed by atoms with Crippen LogP contribution in [0.2, 0.25) is 5.02 Å². The van der Waals surface area contributed by atoms with Gasteiger partial charge < -0.3 is 10.6 Å². The van der Waals surface area contributed by atoms with E-state index >= 15 is 0 Å². The molecular weight excluding hydrogens is 310 g/mol. The normalized spacial score (nSPS) is 10.7. The highest BCUT2D eigenvalue weighted by Gasteiger charge is 2.07. The number of nitrogens with zero attached hydrogens (tertiary/aromatic N) is 1. The SMILES string of the molecule is Cc1ccc(Nc2ccc(C(=O)NCCC(C)C)nc2)cc1Cl. The van der Waals surface area contributed by atoms with Gasteiger partial charge in [-0.1, -0.05) is 31.5 Å². The molecule has 0 bridgehead atoms. The molecule has 2 rings (SSSR count). The van der Waals surface area contributed by atoms with Gasteiger partial charge in [-0.05, 0) is 49.1 Å². The zero-order valence-corrected chi connectivity index (χ0v) is 14.4. The van der Waals surface area contributed by atoms with Crippen LogP contribution in [-0.4, -0.2) is 17.4 Å². The van der Waals surface area contributed by atoms with Crippen molar-refractivity contribution in [3.8, 4) is 0 Å². The van der Waals surface area contributed by atoms with Crippen molar-refractivity contribution in [2.75, 3.05) is 11.9 Å². The topological polar surface area (TPSA) is 54.0 Å². The van der Waals surface area contributed by atoms with Gasteiger partial charge in [-0.25, -0.2) is 4.98 Å². The highest BCUT2D eigenvalue weighted by Crippen LogP contribution is 2.22. The molecule has 0 radical (unpaired) electrons. The number of halogens is 1. The fourth-order valence-corrected chi connectivity index (χ4v) is 2.18. The van der Waals surface area contributed by atoms with Gasteiger partial charge in [0.15, 0.2) is 0 Å². The van der Waals surface area contributed by atoms with Gasteiger partial charge in [0.05, 0.1) is 11.9 Å². The maximum atomic E-state index is 12.0. The molecule has 0 unspecified atom stereocenters. The molecule has 0 aliphatic carbocycles. The van der Waals surface area contributed by atoms with Crippen molar-refractivity contribution in [3.63, 3.8) is 0 Å². The summed E-state index contributed by atoms with van der Waals surface area (Å²) in [5.41, 5.74) is 3.14. The maximum absolute atomic E-state index is 12.0. The average Bonchev–Trinajstić information content (AvgIpc) is 2.51. The Hall–Kier alpha value is -2.07. The highest BCUT2D eigenvalue weighted by atomic mass is 35.5. The number of rotatable bonds is 6. The van der Waals surface area contributed by atoms with Gasteiger partial charge in [-0.3, -0.25) is 4.79 Å². The minimum absolute atomic E-state index is 0.143. The molecule has 1 amide bonds. The zero-order valence-electron chi connectivity index (χ0n) is 13.7. The lowest BCUT2D eigenvalue weighted by molar-refractivity contribution is 0.0947. The van der Waals surface area contributed by atoms with Crippen molar-refractivity contribution < 1.29 is 4.79 Å². The molecule has 4 nitrogen and oxygen atoms in total. The lowest BCUT2D eigenvalue weighted by atomic mass is 10.1. The van der Waals surface area contributed by atoms with E-state index in [4.69, 9.17) is 11.6 Å². The van der Waals surface area contributed by atoms with Crippen LogP contribution in [0.4, 0.5) is 11.4 Å². The first-order valence-corrected chi connectivity index (χ1v) is 8.11. The molecular formula is C18H22ClN3O. The zero-order chi connectivity index (χ0) is 16.8. The molecule has 0 saturated heterocycles. The molecule has 23 heavy (non-hydrogen) atoms.